The van der Waals surface area contributed by atoms with Gasteiger partial charge in [0.25, 0.3) is 0 Å². The largest absolute Gasteiger partial charge is 0.378 e. The number of ether oxygens (including phenoxy) is 1. The molecule has 0 aromatic carbocycles. The van der Waals surface area contributed by atoms with E-state index in [0.29, 0.717) is 37.3 Å². The lowest BCUT2D eigenvalue weighted by Crippen LogP contribution is -2.46. The van der Waals surface area contributed by atoms with Crippen molar-refractivity contribution in [1.29, 1.82) is 0 Å². The molecule has 0 saturated carbocycles. The number of morpholine rings is 1. The Kier molecular flexibility index (Phi) is 4.04. The van der Waals surface area contributed by atoms with Gasteiger partial charge in [-0.1, -0.05) is 11.6 Å². The molecule has 4 nitrogen and oxygen atoms in total. The molecule has 1 atom stereocenters. The van der Waals surface area contributed by atoms with Crippen LogP contribution in [-0.4, -0.2) is 47.3 Å². The van der Waals surface area contributed by atoms with Gasteiger partial charge in [0, 0.05) is 12.7 Å². The first-order valence-corrected chi connectivity index (χ1v) is 5.52. The van der Waals surface area contributed by atoms with Gasteiger partial charge in [0.2, 0.25) is 0 Å². The van der Waals surface area contributed by atoms with Crippen LogP contribution in [0.3, 0.4) is 0 Å². The predicted molar refractivity (Wildman–Crippen MR) is 58.0 cm³/mol. The third-order valence-electron chi connectivity index (χ3n) is 2.54. The minimum atomic E-state index is -0.416. The van der Waals surface area contributed by atoms with Crippen LogP contribution in [0.15, 0.2) is 12.3 Å². The summed E-state index contributed by atoms with van der Waals surface area (Å²) in [4.78, 5) is 10.2. The molecule has 1 aliphatic heterocycles. The number of hydrogen-bond donors (Lipinski definition) is 0. The summed E-state index contributed by atoms with van der Waals surface area (Å²) in [5, 5.41) is 0.412. The van der Waals surface area contributed by atoms with Crippen LogP contribution >= 0.6 is 11.6 Å². The second-order valence-electron chi connectivity index (χ2n) is 3.65. The van der Waals surface area contributed by atoms with Gasteiger partial charge >= 0.3 is 0 Å². The van der Waals surface area contributed by atoms with Gasteiger partial charge < -0.3 is 4.74 Å². The molecule has 1 unspecified atom stereocenters. The number of rotatable bonds is 3. The molecule has 1 aromatic heterocycles. The van der Waals surface area contributed by atoms with Gasteiger partial charge in [0.1, 0.15) is 17.7 Å². The molecule has 16 heavy (non-hydrogen) atoms. The van der Waals surface area contributed by atoms with Gasteiger partial charge in [-0.05, 0) is 6.07 Å². The fourth-order valence-corrected chi connectivity index (χ4v) is 1.83. The smallest absolute Gasteiger partial charge is 0.143 e. The Bertz CT molecular complexity index is 353. The highest BCUT2D eigenvalue weighted by Crippen LogP contribution is 2.11. The van der Waals surface area contributed by atoms with Crippen molar-refractivity contribution in [2.24, 2.45) is 0 Å². The Labute approximate surface area is 98.4 Å². The first-order valence-electron chi connectivity index (χ1n) is 5.15. The van der Waals surface area contributed by atoms with Crippen LogP contribution in [0.1, 0.15) is 5.82 Å². The molecule has 0 bridgehead atoms. The van der Waals surface area contributed by atoms with Crippen molar-refractivity contribution in [2.45, 2.75) is 12.6 Å². The van der Waals surface area contributed by atoms with Crippen molar-refractivity contribution >= 4 is 11.6 Å². The summed E-state index contributed by atoms with van der Waals surface area (Å²) >= 11 is 5.76. The van der Waals surface area contributed by atoms with Crippen molar-refractivity contribution in [2.75, 3.05) is 26.4 Å². The zero-order valence-corrected chi connectivity index (χ0v) is 9.53. The molecule has 1 saturated heterocycles. The normalized spacial score (nSPS) is 22.2. The van der Waals surface area contributed by atoms with E-state index in [0.717, 1.165) is 0 Å². The molecule has 1 aromatic rings. The van der Waals surface area contributed by atoms with Gasteiger partial charge in [-0.15, -0.1) is 0 Å². The van der Waals surface area contributed by atoms with Crippen LogP contribution < -0.4 is 0 Å². The molecule has 1 aliphatic rings. The Hall–Kier alpha value is -0.780. The van der Waals surface area contributed by atoms with Crippen molar-refractivity contribution < 1.29 is 9.13 Å². The van der Waals surface area contributed by atoms with Crippen LogP contribution in [-0.2, 0) is 11.3 Å². The van der Waals surface area contributed by atoms with E-state index in [-0.39, 0.29) is 6.04 Å². The lowest BCUT2D eigenvalue weighted by Gasteiger charge is -2.33. The van der Waals surface area contributed by atoms with Crippen molar-refractivity contribution in [3.63, 3.8) is 0 Å². The second-order valence-corrected chi connectivity index (χ2v) is 4.04. The van der Waals surface area contributed by atoms with E-state index in [2.05, 4.69) is 9.97 Å². The molecule has 0 amide bonds. The van der Waals surface area contributed by atoms with Crippen LogP contribution in [0.2, 0.25) is 5.15 Å². The first-order chi connectivity index (χ1) is 7.79. The Morgan fingerprint density at radius 2 is 2.50 bits per heavy atom. The third-order valence-corrected chi connectivity index (χ3v) is 2.75. The van der Waals surface area contributed by atoms with Crippen LogP contribution in [0, 0.1) is 0 Å². The first kappa shape index (κ1) is 11.7. The molecule has 2 rings (SSSR count). The zero-order valence-electron chi connectivity index (χ0n) is 8.77. The quantitative estimate of drug-likeness (QED) is 0.753. The molecule has 6 heteroatoms. The van der Waals surface area contributed by atoms with Crippen molar-refractivity contribution in [3.05, 3.63) is 23.2 Å². The summed E-state index contributed by atoms with van der Waals surface area (Å²) in [5.41, 5.74) is 0. The van der Waals surface area contributed by atoms with Gasteiger partial charge in [0.15, 0.2) is 0 Å². The van der Waals surface area contributed by atoms with Gasteiger partial charge in [-0.3, -0.25) is 4.90 Å². The molecule has 0 N–H and O–H groups in total. The Balaban J connectivity index is 2.02. The molecular weight excluding hydrogens is 233 g/mol. The van der Waals surface area contributed by atoms with E-state index in [4.69, 9.17) is 16.3 Å². The SMILES string of the molecule is FCC1COCCN1Cc1nccc(Cl)n1. The summed E-state index contributed by atoms with van der Waals surface area (Å²) in [6.07, 6.45) is 1.61. The fraction of sp³-hybridized carbons (Fsp3) is 0.600. The second kappa shape index (κ2) is 5.52. The Morgan fingerprint density at radius 1 is 1.62 bits per heavy atom. The molecule has 0 radical (unpaired) electrons. The van der Waals surface area contributed by atoms with Crippen LogP contribution in [0.5, 0.6) is 0 Å². The molecule has 0 aliphatic carbocycles. The maximum absolute atomic E-state index is 12.7. The minimum absolute atomic E-state index is 0.198. The number of halogens is 2. The summed E-state index contributed by atoms with van der Waals surface area (Å²) < 4.78 is 17.9. The standard InChI is InChI=1S/C10H13ClFN3O/c11-9-1-2-13-10(14-9)6-15-3-4-16-7-8(15)5-12/h1-2,8H,3-7H2. The molecular formula is C10H13ClFN3O. The Morgan fingerprint density at radius 3 is 3.25 bits per heavy atom. The van der Waals surface area contributed by atoms with Crippen molar-refractivity contribution in [1.82, 2.24) is 14.9 Å². The number of aromatic nitrogens is 2. The van der Waals surface area contributed by atoms with Crippen LogP contribution in [0.25, 0.3) is 0 Å². The average molecular weight is 246 g/mol. The van der Waals surface area contributed by atoms with E-state index in [1.807, 2.05) is 4.90 Å². The highest BCUT2D eigenvalue weighted by atomic mass is 35.5. The lowest BCUT2D eigenvalue weighted by molar-refractivity contribution is -0.0208. The van der Waals surface area contributed by atoms with E-state index >= 15 is 0 Å². The third kappa shape index (κ3) is 2.87. The zero-order chi connectivity index (χ0) is 11.4. The number of alkyl halides is 1. The molecule has 0 spiro atoms. The summed E-state index contributed by atoms with van der Waals surface area (Å²) in [5.74, 6) is 0.618. The van der Waals surface area contributed by atoms with E-state index < -0.39 is 6.67 Å². The minimum Gasteiger partial charge on any atom is -0.378 e. The summed E-state index contributed by atoms with van der Waals surface area (Å²) in [6.45, 7) is 1.84. The summed E-state index contributed by atoms with van der Waals surface area (Å²) in [6, 6.07) is 1.42. The topological polar surface area (TPSA) is 38.2 Å². The van der Waals surface area contributed by atoms with E-state index in [1.165, 1.54) is 0 Å². The number of nitrogens with zero attached hydrogens (tertiary/aromatic N) is 3. The monoisotopic (exact) mass is 245 g/mol. The molecule has 2 heterocycles. The van der Waals surface area contributed by atoms with Crippen LogP contribution in [0.4, 0.5) is 4.39 Å². The maximum atomic E-state index is 12.7. The number of hydrogen-bond acceptors (Lipinski definition) is 4. The molecule has 1 fully saturated rings. The maximum Gasteiger partial charge on any atom is 0.143 e. The fourth-order valence-electron chi connectivity index (χ4n) is 1.67. The predicted octanol–water partition coefficient (Wildman–Crippen LogP) is 1.30. The lowest BCUT2D eigenvalue weighted by atomic mass is 10.2. The molecule has 88 valence electrons. The van der Waals surface area contributed by atoms with Gasteiger partial charge in [0.05, 0.1) is 25.8 Å². The van der Waals surface area contributed by atoms with E-state index in [1.54, 1.807) is 12.3 Å². The van der Waals surface area contributed by atoms with Gasteiger partial charge in [-0.2, -0.15) is 0 Å². The summed E-state index contributed by atoms with van der Waals surface area (Å²) in [7, 11) is 0. The highest BCUT2D eigenvalue weighted by Gasteiger charge is 2.23. The average Bonchev–Trinajstić information content (AvgIpc) is 2.30. The van der Waals surface area contributed by atoms with Gasteiger partial charge in [-0.25, -0.2) is 14.4 Å². The van der Waals surface area contributed by atoms with Crippen molar-refractivity contribution in [3.8, 4) is 0 Å². The highest BCUT2D eigenvalue weighted by molar-refractivity contribution is 6.29. The van der Waals surface area contributed by atoms with E-state index in [9.17, 15) is 4.39 Å².